The number of anilines is 2. The van der Waals surface area contributed by atoms with E-state index in [4.69, 9.17) is 11.6 Å². The fraction of sp³-hybridized carbons (Fsp3) is 0.133. The van der Waals surface area contributed by atoms with Gasteiger partial charge in [-0.05, 0) is 36.2 Å². The smallest absolute Gasteiger partial charge is 0.337 e. The number of aromatic carboxylic acids is 1. The molecule has 1 aliphatic rings. The van der Waals surface area contributed by atoms with Gasteiger partial charge in [0.1, 0.15) is 0 Å². The van der Waals surface area contributed by atoms with Gasteiger partial charge in [-0.15, -0.1) is 0 Å². The van der Waals surface area contributed by atoms with Crippen molar-refractivity contribution in [3.63, 3.8) is 0 Å². The summed E-state index contributed by atoms with van der Waals surface area (Å²) in [7, 11) is 0. The predicted molar refractivity (Wildman–Crippen MR) is 75.6 cm³/mol. The monoisotopic (exact) mass is 273 g/mol. The van der Waals surface area contributed by atoms with Crippen LogP contribution in [-0.4, -0.2) is 17.6 Å². The van der Waals surface area contributed by atoms with E-state index in [2.05, 4.69) is 6.07 Å². The van der Waals surface area contributed by atoms with Crippen LogP contribution in [0.2, 0.25) is 5.02 Å². The molecule has 0 atom stereocenters. The summed E-state index contributed by atoms with van der Waals surface area (Å²) in [6.07, 6.45) is 0.918. The van der Waals surface area contributed by atoms with Gasteiger partial charge < -0.3 is 10.0 Å². The molecule has 0 bridgehead atoms. The molecule has 3 rings (SSSR count). The summed E-state index contributed by atoms with van der Waals surface area (Å²) in [5.74, 6) is -0.934. The fourth-order valence-electron chi connectivity index (χ4n) is 2.50. The maximum absolute atomic E-state index is 11.3. The van der Waals surface area contributed by atoms with Crippen molar-refractivity contribution in [3.8, 4) is 0 Å². The van der Waals surface area contributed by atoms with Crippen LogP contribution in [0.5, 0.6) is 0 Å². The van der Waals surface area contributed by atoms with Gasteiger partial charge in [-0.3, -0.25) is 0 Å². The molecule has 0 saturated heterocycles. The Morgan fingerprint density at radius 3 is 2.74 bits per heavy atom. The lowest BCUT2D eigenvalue weighted by molar-refractivity contribution is 0.0697. The molecule has 0 fully saturated rings. The van der Waals surface area contributed by atoms with Gasteiger partial charge in [0.25, 0.3) is 0 Å². The molecule has 0 spiro atoms. The Balaban J connectivity index is 2.13. The van der Waals surface area contributed by atoms with Crippen LogP contribution >= 0.6 is 11.6 Å². The second-order valence-electron chi connectivity index (χ2n) is 4.50. The molecule has 19 heavy (non-hydrogen) atoms. The Labute approximate surface area is 116 Å². The highest BCUT2D eigenvalue weighted by atomic mass is 35.5. The van der Waals surface area contributed by atoms with E-state index in [0.29, 0.717) is 10.7 Å². The van der Waals surface area contributed by atoms with E-state index in [-0.39, 0.29) is 5.56 Å². The SMILES string of the molecule is O=C(O)c1ccc(Cl)cc1N1CCc2ccccc21. The summed E-state index contributed by atoms with van der Waals surface area (Å²) in [5.41, 5.74) is 3.23. The van der Waals surface area contributed by atoms with Crippen molar-refractivity contribution in [2.45, 2.75) is 6.42 Å². The molecule has 1 heterocycles. The number of carboxylic acids is 1. The summed E-state index contributed by atoms with van der Waals surface area (Å²) < 4.78 is 0. The van der Waals surface area contributed by atoms with E-state index >= 15 is 0 Å². The van der Waals surface area contributed by atoms with Crippen LogP contribution in [0.3, 0.4) is 0 Å². The lowest BCUT2D eigenvalue weighted by Gasteiger charge is -2.21. The van der Waals surface area contributed by atoms with Crippen LogP contribution < -0.4 is 4.90 Å². The Bertz CT molecular complexity index is 654. The molecular weight excluding hydrogens is 262 g/mol. The molecule has 3 nitrogen and oxygen atoms in total. The van der Waals surface area contributed by atoms with Crippen molar-refractivity contribution in [1.82, 2.24) is 0 Å². The van der Waals surface area contributed by atoms with Gasteiger partial charge in [0.2, 0.25) is 0 Å². The number of fused-ring (bicyclic) bond motifs is 1. The highest BCUT2D eigenvalue weighted by Crippen LogP contribution is 2.37. The molecule has 2 aromatic carbocycles. The normalized spacial score (nSPS) is 13.4. The third-order valence-corrected chi connectivity index (χ3v) is 3.60. The summed E-state index contributed by atoms with van der Waals surface area (Å²) in [6.45, 7) is 0.778. The number of benzene rings is 2. The predicted octanol–water partition coefficient (Wildman–Crippen LogP) is 3.73. The largest absolute Gasteiger partial charge is 0.478 e. The maximum atomic E-state index is 11.3. The topological polar surface area (TPSA) is 40.5 Å². The number of carboxylic acid groups (broad SMARTS) is 1. The van der Waals surface area contributed by atoms with Crippen molar-refractivity contribution >= 4 is 28.9 Å². The first kappa shape index (κ1) is 12.1. The van der Waals surface area contributed by atoms with Crippen molar-refractivity contribution in [2.24, 2.45) is 0 Å². The van der Waals surface area contributed by atoms with Gasteiger partial charge >= 0.3 is 5.97 Å². The van der Waals surface area contributed by atoms with E-state index in [9.17, 15) is 9.90 Å². The van der Waals surface area contributed by atoms with Crippen LogP contribution in [0.1, 0.15) is 15.9 Å². The molecule has 0 unspecified atom stereocenters. The molecule has 0 aliphatic carbocycles. The molecule has 1 N–H and O–H groups in total. The van der Waals surface area contributed by atoms with E-state index in [0.717, 1.165) is 18.7 Å². The number of rotatable bonds is 2. The first-order chi connectivity index (χ1) is 9.16. The Kier molecular flexibility index (Phi) is 2.91. The highest BCUT2D eigenvalue weighted by Gasteiger charge is 2.24. The number of nitrogens with zero attached hydrogens (tertiary/aromatic N) is 1. The zero-order valence-corrected chi connectivity index (χ0v) is 10.9. The minimum atomic E-state index is -0.934. The number of hydrogen-bond acceptors (Lipinski definition) is 2. The van der Waals surface area contributed by atoms with Gasteiger partial charge in [0, 0.05) is 17.3 Å². The molecule has 0 saturated carbocycles. The molecule has 96 valence electrons. The summed E-state index contributed by atoms with van der Waals surface area (Å²) in [4.78, 5) is 13.4. The summed E-state index contributed by atoms with van der Waals surface area (Å²) in [5, 5.41) is 9.84. The van der Waals surface area contributed by atoms with Crippen molar-refractivity contribution in [2.75, 3.05) is 11.4 Å². The molecule has 2 aromatic rings. The quantitative estimate of drug-likeness (QED) is 0.906. The summed E-state index contributed by atoms with van der Waals surface area (Å²) >= 11 is 6.01. The van der Waals surface area contributed by atoms with Crippen molar-refractivity contribution < 1.29 is 9.90 Å². The zero-order valence-electron chi connectivity index (χ0n) is 10.1. The van der Waals surface area contributed by atoms with E-state index in [1.807, 2.05) is 23.1 Å². The zero-order chi connectivity index (χ0) is 13.4. The highest BCUT2D eigenvalue weighted by molar-refractivity contribution is 6.31. The minimum absolute atomic E-state index is 0.279. The lowest BCUT2D eigenvalue weighted by atomic mass is 10.1. The second kappa shape index (κ2) is 4.59. The van der Waals surface area contributed by atoms with Gasteiger partial charge in [-0.25, -0.2) is 4.79 Å². The van der Waals surface area contributed by atoms with Crippen molar-refractivity contribution in [3.05, 3.63) is 58.6 Å². The third-order valence-electron chi connectivity index (χ3n) is 3.37. The maximum Gasteiger partial charge on any atom is 0.337 e. The number of halogens is 1. The number of carbonyl (C=O) groups is 1. The van der Waals surface area contributed by atoms with Gasteiger partial charge in [-0.1, -0.05) is 29.8 Å². The van der Waals surface area contributed by atoms with Crippen LogP contribution in [0, 0.1) is 0 Å². The Morgan fingerprint density at radius 2 is 1.95 bits per heavy atom. The standard InChI is InChI=1S/C15H12ClNO2/c16-11-5-6-12(15(18)19)14(9-11)17-8-7-10-3-1-2-4-13(10)17/h1-6,9H,7-8H2,(H,18,19). The molecule has 0 aromatic heterocycles. The van der Waals surface area contributed by atoms with Crippen LogP contribution in [0.4, 0.5) is 11.4 Å². The van der Waals surface area contributed by atoms with Crippen molar-refractivity contribution in [1.29, 1.82) is 0 Å². The van der Waals surface area contributed by atoms with Gasteiger partial charge in [-0.2, -0.15) is 0 Å². The van der Waals surface area contributed by atoms with Crippen LogP contribution in [-0.2, 0) is 6.42 Å². The van der Waals surface area contributed by atoms with Gasteiger partial charge in [0.15, 0.2) is 0 Å². The van der Waals surface area contributed by atoms with Gasteiger partial charge in [0.05, 0.1) is 11.3 Å². The summed E-state index contributed by atoms with van der Waals surface area (Å²) in [6, 6.07) is 12.9. The Hall–Kier alpha value is -2.00. The first-order valence-corrected chi connectivity index (χ1v) is 6.43. The van der Waals surface area contributed by atoms with Crippen LogP contribution in [0.25, 0.3) is 0 Å². The fourth-order valence-corrected chi connectivity index (χ4v) is 2.66. The molecular formula is C15H12ClNO2. The molecule has 4 heteroatoms. The molecule has 0 amide bonds. The second-order valence-corrected chi connectivity index (χ2v) is 4.93. The van der Waals surface area contributed by atoms with E-state index in [1.54, 1.807) is 18.2 Å². The number of hydrogen-bond donors (Lipinski definition) is 1. The first-order valence-electron chi connectivity index (χ1n) is 6.05. The average Bonchev–Trinajstić information content (AvgIpc) is 2.82. The van der Waals surface area contributed by atoms with E-state index < -0.39 is 5.97 Å². The third kappa shape index (κ3) is 2.06. The average molecular weight is 274 g/mol. The van der Waals surface area contributed by atoms with E-state index in [1.165, 1.54) is 5.56 Å². The minimum Gasteiger partial charge on any atom is -0.478 e. The Morgan fingerprint density at radius 1 is 1.16 bits per heavy atom. The number of para-hydroxylation sites is 1. The molecule has 0 radical (unpaired) electrons. The lowest BCUT2D eigenvalue weighted by Crippen LogP contribution is -2.17. The molecule has 1 aliphatic heterocycles. The van der Waals surface area contributed by atoms with Crippen LogP contribution in [0.15, 0.2) is 42.5 Å².